The van der Waals surface area contributed by atoms with E-state index in [1.807, 2.05) is 0 Å². The van der Waals surface area contributed by atoms with Gasteiger partial charge in [0.15, 0.2) is 0 Å². The number of carbonyl (C=O) groups is 1. The molecule has 0 heterocycles. The molecular weight excluding hydrogens is 239 g/mol. The quantitative estimate of drug-likeness (QED) is 0.825. The first-order chi connectivity index (χ1) is 7.55. The van der Waals surface area contributed by atoms with E-state index in [2.05, 4.69) is 10.1 Å². The van der Waals surface area contributed by atoms with Gasteiger partial charge in [0.25, 0.3) is 0 Å². The lowest BCUT2D eigenvalue weighted by Crippen LogP contribution is -2.50. The van der Waals surface area contributed by atoms with Crippen molar-refractivity contribution in [1.82, 2.24) is 5.32 Å². The van der Waals surface area contributed by atoms with Gasteiger partial charge in [0.1, 0.15) is 5.60 Å². The molecular formula is C10H16F3NO3. The first-order valence-electron chi connectivity index (χ1n) is 5.29. The minimum atomic E-state index is -4.61. The van der Waals surface area contributed by atoms with Gasteiger partial charge in [-0.25, -0.2) is 4.79 Å². The number of rotatable bonds is 2. The van der Waals surface area contributed by atoms with Crippen molar-refractivity contribution in [2.45, 2.75) is 57.7 Å². The van der Waals surface area contributed by atoms with Gasteiger partial charge in [-0.1, -0.05) is 0 Å². The molecule has 0 aliphatic heterocycles. The average Bonchev–Trinajstić information content (AvgIpc) is 1.93. The van der Waals surface area contributed by atoms with Crippen LogP contribution < -0.4 is 5.32 Å². The molecule has 1 aliphatic carbocycles. The summed E-state index contributed by atoms with van der Waals surface area (Å²) in [5.74, 6) is 0. The molecule has 17 heavy (non-hydrogen) atoms. The lowest BCUT2D eigenvalue weighted by Gasteiger charge is -2.35. The third-order valence-corrected chi connectivity index (χ3v) is 2.12. The summed E-state index contributed by atoms with van der Waals surface area (Å²) in [5, 5.41) is 2.48. The Balaban J connectivity index is 2.19. The van der Waals surface area contributed by atoms with Crippen LogP contribution in [-0.4, -0.2) is 30.2 Å². The SMILES string of the molecule is CC(C)(C)OC(=O)NC1CC(OC(F)(F)F)C1. The second-order valence-electron chi connectivity index (χ2n) is 5.00. The van der Waals surface area contributed by atoms with Crippen molar-refractivity contribution in [3.05, 3.63) is 0 Å². The van der Waals surface area contributed by atoms with Gasteiger partial charge in [0.05, 0.1) is 6.10 Å². The number of alkyl carbamates (subject to hydrolysis) is 1. The van der Waals surface area contributed by atoms with Crippen molar-refractivity contribution in [2.24, 2.45) is 0 Å². The van der Waals surface area contributed by atoms with E-state index in [9.17, 15) is 18.0 Å². The third-order valence-electron chi connectivity index (χ3n) is 2.12. The van der Waals surface area contributed by atoms with Gasteiger partial charge in [0.2, 0.25) is 0 Å². The van der Waals surface area contributed by atoms with Gasteiger partial charge >= 0.3 is 12.5 Å². The zero-order valence-corrected chi connectivity index (χ0v) is 9.93. The van der Waals surface area contributed by atoms with E-state index in [1.54, 1.807) is 20.8 Å². The van der Waals surface area contributed by atoms with Gasteiger partial charge < -0.3 is 10.1 Å². The maximum atomic E-state index is 11.8. The average molecular weight is 255 g/mol. The van der Waals surface area contributed by atoms with Crippen LogP contribution in [0.3, 0.4) is 0 Å². The maximum Gasteiger partial charge on any atom is 0.522 e. The summed E-state index contributed by atoms with van der Waals surface area (Å²) in [7, 11) is 0. The molecule has 1 aliphatic rings. The predicted octanol–water partition coefficient (Wildman–Crippen LogP) is 2.58. The van der Waals surface area contributed by atoms with Crippen molar-refractivity contribution < 1.29 is 27.4 Å². The van der Waals surface area contributed by atoms with E-state index < -0.39 is 24.2 Å². The molecule has 0 spiro atoms. The molecule has 0 radical (unpaired) electrons. The number of halogens is 3. The Labute approximate surface area is 97.5 Å². The second-order valence-corrected chi connectivity index (χ2v) is 5.00. The Kier molecular flexibility index (Phi) is 3.91. The van der Waals surface area contributed by atoms with Crippen molar-refractivity contribution in [3.63, 3.8) is 0 Å². The number of ether oxygens (including phenoxy) is 2. The monoisotopic (exact) mass is 255 g/mol. The highest BCUT2D eigenvalue weighted by Crippen LogP contribution is 2.30. The molecule has 4 nitrogen and oxygen atoms in total. The van der Waals surface area contributed by atoms with Crippen molar-refractivity contribution >= 4 is 6.09 Å². The molecule has 1 fully saturated rings. The molecule has 0 bridgehead atoms. The lowest BCUT2D eigenvalue weighted by atomic mass is 9.89. The Hall–Kier alpha value is -0.980. The van der Waals surface area contributed by atoms with E-state index in [-0.39, 0.29) is 18.9 Å². The number of amides is 1. The second kappa shape index (κ2) is 4.72. The van der Waals surface area contributed by atoms with E-state index in [4.69, 9.17) is 4.74 Å². The minimum absolute atomic E-state index is 0.152. The van der Waals surface area contributed by atoms with Crippen LogP contribution in [0.5, 0.6) is 0 Å². The van der Waals surface area contributed by atoms with Crippen LogP contribution in [0, 0.1) is 0 Å². The molecule has 1 saturated carbocycles. The van der Waals surface area contributed by atoms with Crippen LogP contribution >= 0.6 is 0 Å². The van der Waals surface area contributed by atoms with E-state index >= 15 is 0 Å². The molecule has 7 heteroatoms. The zero-order valence-electron chi connectivity index (χ0n) is 9.93. The van der Waals surface area contributed by atoms with Crippen LogP contribution in [0.25, 0.3) is 0 Å². The van der Waals surface area contributed by atoms with Gasteiger partial charge in [-0.2, -0.15) is 0 Å². The lowest BCUT2D eigenvalue weighted by molar-refractivity contribution is -0.351. The van der Waals surface area contributed by atoms with Gasteiger partial charge in [-0.3, -0.25) is 4.74 Å². The Morgan fingerprint density at radius 1 is 1.24 bits per heavy atom. The largest absolute Gasteiger partial charge is 0.522 e. The van der Waals surface area contributed by atoms with Crippen LogP contribution in [0.15, 0.2) is 0 Å². The van der Waals surface area contributed by atoms with E-state index in [1.165, 1.54) is 0 Å². The Morgan fingerprint density at radius 3 is 2.18 bits per heavy atom. The first kappa shape index (κ1) is 14.1. The third kappa shape index (κ3) is 5.76. The summed E-state index contributed by atoms with van der Waals surface area (Å²) >= 11 is 0. The molecule has 100 valence electrons. The summed E-state index contributed by atoms with van der Waals surface area (Å²) in [6.07, 6.45) is -5.79. The summed E-state index contributed by atoms with van der Waals surface area (Å²) in [6.45, 7) is 5.13. The van der Waals surface area contributed by atoms with Crippen molar-refractivity contribution in [1.29, 1.82) is 0 Å². The smallest absolute Gasteiger partial charge is 0.444 e. The fraction of sp³-hybridized carbons (Fsp3) is 0.900. The van der Waals surface area contributed by atoms with Crippen molar-refractivity contribution in [2.75, 3.05) is 0 Å². The highest BCUT2D eigenvalue weighted by atomic mass is 19.4. The van der Waals surface area contributed by atoms with Crippen LogP contribution in [0.2, 0.25) is 0 Å². The fourth-order valence-corrected chi connectivity index (χ4v) is 1.44. The summed E-state index contributed by atoms with van der Waals surface area (Å²) < 4.78 is 44.2. The normalized spacial score (nSPS) is 25.1. The summed E-state index contributed by atoms with van der Waals surface area (Å²) in [5.41, 5.74) is -0.615. The molecule has 0 aromatic rings. The van der Waals surface area contributed by atoms with E-state index in [0.717, 1.165) is 0 Å². The van der Waals surface area contributed by atoms with Crippen LogP contribution in [0.1, 0.15) is 33.6 Å². The molecule has 0 atom stereocenters. The standard InChI is InChI=1S/C10H16F3NO3/c1-9(2,3)17-8(15)14-6-4-7(5-6)16-10(11,12)13/h6-7H,4-5H2,1-3H3,(H,14,15). The van der Waals surface area contributed by atoms with Gasteiger partial charge in [0, 0.05) is 6.04 Å². The molecule has 0 aromatic carbocycles. The van der Waals surface area contributed by atoms with Gasteiger partial charge in [-0.15, -0.1) is 13.2 Å². The summed E-state index contributed by atoms with van der Waals surface area (Å²) in [6, 6.07) is -0.308. The van der Waals surface area contributed by atoms with Crippen molar-refractivity contribution in [3.8, 4) is 0 Å². The van der Waals surface area contributed by atoms with Gasteiger partial charge in [-0.05, 0) is 33.6 Å². The number of carbonyl (C=O) groups excluding carboxylic acids is 1. The highest BCUT2D eigenvalue weighted by Gasteiger charge is 2.40. The number of hydrogen-bond acceptors (Lipinski definition) is 3. The Morgan fingerprint density at radius 2 is 1.76 bits per heavy atom. The highest BCUT2D eigenvalue weighted by molar-refractivity contribution is 5.68. The van der Waals surface area contributed by atoms with Crippen LogP contribution in [-0.2, 0) is 9.47 Å². The molecule has 0 saturated heterocycles. The summed E-state index contributed by atoms with van der Waals surface area (Å²) in [4.78, 5) is 11.3. The number of nitrogens with one attached hydrogen (secondary N) is 1. The maximum absolute atomic E-state index is 11.8. The molecule has 0 unspecified atom stereocenters. The molecule has 1 amide bonds. The predicted molar refractivity (Wildman–Crippen MR) is 53.3 cm³/mol. The number of alkyl halides is 3. The van der Waals surface area contributed by atoms with Crippen LogP contribution in [0.4, 0.5) is 18.0 Å². The first-order valence-corrected chi connectivity index (χ1v) is 5.29. The molecule has 0 aromatic heterocycles. The minimum Gasteiger partial charge on any atom is -0.444 e. The fourth-order valence-electron chi connectivity index (χ4n) is 1.44. The number of hydrogen-bond donors (Lipinski definition) is 1. The Bertz CT molecular complexity index is 280. The molecule has 1 N–H and O–H groups in total. The zero-order chi connectivity index (χ0) is 13.3. The topological polar surface area (TPSA) is 47.6 Å². The molecule has 1 rings (SSSR count). The van der Waals surface area contributed by atoms with E-state index in [0.29, 0.717) is 0 Å².